The quantitative estimate of drug-likeness (QED) is 0.478. The van der Waals surface area contributed by atoms with E-state index in [2.05, 4.69) is 9.88 Å². The fourth-order valence-electron chi connectivity index (χ4n) is 3.08. The molecule has 1 aliphatic rings. The highest BCUT2D eigenvalue weighted by Crippen LogP contribution is 2.33. The highest BCUT2D eigenvalue weighted by Gasteiger charge is 2.20. The van der Waals surface area contributed by atoms with Crippen molar-refractivity contribution in [2.45, 2.75) is 25.7 Å². The number of pyridine rings is 1. The van der Waals surface area contributed by atoms with Crippen LogP contribution in [0, 0.1) is 10.1 Å². The minimum absolute atomic E-state index is 0.0338. The maximum atomic E-state index is 11.4. The molecule has 0 aliphatic carbocycles. The molecule has 1 aromatic carbocycles. The fourth-order valence-corrected chi connectivity index (χ4v) is 3.08. The van der Waals surface area contributed by atoms with E-state index in [0.29, 0.717) is 11.3 Å². The SMILES string of the molecule is O=CCc1ccnc(-c2cc(N3CCCCC3)ccc2[N+](=O)[O-])c1. The van der Waals surface area contributed by atoms with Crippen LogP contribution < -0.4 is 4.90 Å². The summed E-state index contributed by atoms with van der Waals surface area (Å²) in [6.07, 6.45) is 6.18. The summed E-state index contributed by atoms with van der Waals surface area (Å²) in [7, 11) is 0. The third-order valence-electron chi connectivity index (χ3n) is 4.32. The second-order valence-corrected chi connectivity index (χ2v) is 5.93. The van der Waals surface area contributed by atoms with Crippen molar-refractivity contribution in [1.29, 1.82) is 0 Å². The van der Waals surface area contributed by atoms with Crippen LogP contribution in [-0.2, 0) is 11.2 Å². The molecule has 0 N–H and O–H groups in total. The number of hydrogen-bond acceptors (Lipinski definition) is 5. The number of piperidine rings is 1. The zero-order valence-electron chi connectivity index (χ0n) is 13.4. The smallest absolute Gasteiger partial charge is 0.278 e. The monoisotopic (exact) mass is 325 g/mol. The standard InChI is InChI=1S/C18H19N3O3/c22-11-7-14-6-8-19-17(12-14)16-13-15(4-5-18(16)21(23)24)20-9-2-1-3-10-20/h4-6,8,11-13H,1-3,7,9-10H2. The van der Waals surface area contributed by atoms with Crippen LogP contribution in [0.25, 0.3) is 11.3 Å². The number of carbonyl (C=O) groups excluding carboxylic acids is 1. The number of aldehydes is 1. The van der Waals surface area contributed by atoms with Gasteiger partial charge in [0.15, 0.2) is 0 Å². The van der Waals surface area contributed by atoms with Gasteiger partial charge in [-0.1, -0.05) is 0 Å². The molecular formula is C18H19N3O3. The first-order chi connectivity index (χ1) is 11.7. The summed E-state index contributed by atoms with van der Waals surface area (Å²) in [5.74, 6) is 0. The number of carbonyl (C=O) groups is 1. The first-order valence-electron chi connectivity index (χ1n) is 8.11. The molecule has 1 fully saturated rings. The summed E-state index contributed by atoms with van der Waals surface area (Å²) < 4.78 is 0. The number of nitro benzene ring substituents is 1. The second-order valence-electron chi connectivity index (χ2n) is 5.93. The number of nitro groups is 1. The highest BCUT2D eigenvalue weighted by atomic mass is 16.6. The molecule has 0 saturated carbocycles. The Labute approximate surface area is 140 Å². The van der Waals surface area contributed by atoms with Crippen molar-refractivity contribution >= 4 is 17.7 Å². The Morgan fingerprint density at radius 1 is 1.17 bits per heavy atom. The van der Waals surface area contributed by atoms with E-state index >= 15 is 0 Å². The maximum absolute atomic E-state index is 11.4. The van der Waals surface area contributed by atoms with Crippen LogP contribution in [-0.4, -0.2) is 29.3 Å². The van der Waals surface area contributed by atoms with Crippen LogP contribution in [0.1, 0.15) is 24.8 Å². The summed E-state index contributed by atoms with van der Waals surface area (Å²) in [6.45, 7) is 1.94. The molecular weight excluding hydrogens is 306 g/mol. The predicted octanol–water partition coefficient (Wildman–Crippen LogP) is 3.39. The van der Waals surface area contributed by atoms with E-state index in [1.165, 1.54) is 6.42 Å². The number of anilines is 1. The molecule has 2 aromatic rings. The minimum atomic E-state index is -0.386. The Morgan fingerprint density at radius 2 is 1.96 bits per heavy atom. The molecule has 0 bridgehead atoms. The lowest BCUT2D eigenvalue weighted by molar-refractivity contribution is -0.384. The van der Waals surface area contributed by atoms with Crippen molar-refractivity contribution in [1.82, 2.24) is 4.98 Å². The zero-order chi connectivity index (χ0) is 16.9. The van der Waals surface area contributed by atoms with Gasteiger partial charge in [0.2, 0.25) is 0 Å². The van der Waals surface area contributed by atoms with E-state index < -0.39 is 0 Å². The summed E-state index contributed by atoms with van der Waals surface area (Å²) in [5, 5.41) is 11.4. The van der Waals surface area contributed by atoms with Crippen LogP contribution in [0.2, 0.25) is 0 Å². The fraction of sp³-hybridized carbons (Fsp3) is 0.333. The summed E-state index contributed by atoms with van der Waals surface area (Å²) >= 11 is 0. The Bertz CT molecular complexity index is 755. The van der Waals surface area contributed by atoms with Crippen LogP contribution in [0.3, 0.4) is 0 Å². The third kappa shape index (κ3) is 3.42. The summed E-state index contributed by atoms with van der Waals surface area (Å²) in [5.41, 5.74) is 2.84. The first kappa shape index (κ1) is 16.1. The average Bonchev–Trinajstić information content (AvgIpc) is 2.62. The van der Waals surface area contributed by atoms with Crippen LogP contribution >= 0.6 is 0 Å². The van der Waals surface area contributed by atoms with Crippen molar-refractivity contribution in [3.05, 3.63) is 52.2 Å². The Balaban J connectivity index is 2.04. The Kier molecular flexibility index (Phi) is 4.84. The van der Waals surface area contributed by atoms with E-state index in [4.69, 9.17) is 0 Å². The Morgan fingerprint density at radius 3 is 2.67 bits per heavy atom. The molecule has 0 atom stereocenters. The van der Waals surface area contributed by atoms with Gasteiger partial charge in [0.25, 0.3) is 5.69 Å². The lowest BCUT2D eigenvalue weighted by Gasteiger charge is -2.29. The highest BCUT2D eigenvalue weighted by molar-refractivity contribution is 5.76. The van der Waals surface area contributed by atoms with Crippen molar-refractivity contribution < 1.29 is 9.72 Å². The van der Waals surface area contributed by atoms with E-state index in [-0.39, 0.29) is 17.0 Å². The van der Waals surface area contributed by atoms with Crippen LogP contribution in [0.4, 0.5) is 11.4 Å². The molecule has 124 valence electrons. The molecule has 24 heavy (non-hydrogen) atoms. The third-order valence-corrected chi connectivity index (χ3v) is 4.32. The average molecular weight is 325 g/mol. The number of rotatable bonds is 5. The normalized spacial score (nSPS) is 14.4. The maximum Gasteiger partial charge on any atom is 0.278 e. The molecule has 0 spiro atoms. The number of benzene rings is 1. The summed E-state index contributed by atoms with van der Waals surface area (Å²) in [4.78, 5) is 28.3. The largest absolute Gasteiger partial charge is 0.372 e. The number of hydrogen-bond donors (Lipinski definition) is 0. The van der Waals surface area contributed by atoms with Gasteiger partial charge in [-0.15, -0.1) is 0 Å². The van der Waals surface area contributed by atoms with Gasteiger partial charge in [-0.05, 0) is 49.1 Å². The van der Waals surface area contributed by atoms with E-state index in [0.717, 1.165) is 43.5 Å². The van der Waals surface area contributed by atoms with Gasteiger partial charge in [0.05, 0.1) is 16.2 Å². The molecule has 1 aromatic heterocycles. The number of nitrogens with zero attached hydrogens (tertiary/aromatic N) is 3. The van der Waals surface area contributed by atoms with Gasteiger partial charge in [-0.2, -0.15) is 0 Å². The molecule has 1 saturated heterocycles. The van der Waals surface area contributed by atoms with Crippen molar-refractivity contribution in [2.24, 2.45) is 0 Å². The predicted molar refractivity (Wildman–Crippen MR) is 92.2 cm³/mol. The first-order valence-corrected chi connectivity index (χ1v) is 8.11. The zero-order valence-corrected chi connectivity index (χ0v) is 13.4. The number of aromatic nitrogens is 1. The van der Waals surface area contributed by atoms with Gasteiger partial charge in [0, 0.05) is 37.5 Å². The van der Waals surface area contributed by atoms with E-state index in [9.17, 15) is 14.9 Å². The molecule has 6 nitrogen and oxygen atoms in total. The van der Waals surface area contributed by atoms with E-state index in [1.807, 2.05) is 12.1 Å². The molecule has 0 unspecified atom stereocenters. The molecule has 1 aliphatic heterocycles. The lowest BCUT2D eigenvalue weighted by Crippen LogP contribution is -2.29. The topological polar surface area (TPSA) is 76.3 Å². The van der Waals surface area contributed by atoms with Crippen molar-refractivity contribution in [2.75, 3.05) is 18.0 Å². The summed E-state index contributed by atoms with van der Waals surface area (Å²) in [6, 6.07) is 8.70. The van der Waals surface area contributed by atoms with Gasteiger partial charge in [-0.3, -0.25) is 15.1 Å². The lowest BCUT2D eigenvalue weighted by atomic mass is 10.0. The van der Waals surface area contributed by atoms with Crippen LogP contribution in [0.5, 0.6) is 0 Å². The second kappa shape index (κ2) is 7.21. The van der Waals surface area contributed by atoms with Gasteiger partial charge < -0.3 is 9.69 Å². The van der Waals surface area contributed by atoms with Crippen LogP contribution in [0.15, 0.2) is 36.5 Å². The van der Waals surface area contributed by atoms with Gasteiger partial charge in [0.1, 0.15) is 6.29 Å². The molecule has 0 amide bonds. The minimum Gasteiger partial charge on any atom is -0.372 e. The van der Waals surface area contributed by atoms with Gasteiger partial charge >= 0.3 is 0 Å². The molecule has 0 radical (unpaired) electrons. The van der Waals surface area contributed by atoms with Gasteiger partial charge in [-0.25, -0.2) is 0 Å². The Hall–Kier alpha value is -2.76. The molecule has 2 heterocycles. The van der Waals surface area contributed by atoms with Crippen molar-refractivity contribution in [3.8, 4) is 11.3 Å². The molecule has 3 rings (SSSR count). The van der Waals surface area contributed by atoms with E-state index in [1.54, 1.807) is 24.4 Å². The molecule has 6 heteroatoms. The van der Waals surface area contributed by atoms with Crippen molar-refractivity contribution in [3.63, 3.8) is 0 Å².